The van der Waals surface area contributed by atoms with E-state index in [-0.39, 0.29) is 0 Å². The molecule has 1 N–H and O–H groups in total. The van der Waals surface area contributed by atoms with Gasteiger partial charge in [-0.1, -0.05) is 13.8 Å². The van der Waals surface area contributed by atoms with Crippen molar-refractivity contribution in [2.75, 3.05) is 13.6 Å². The van der Waals surface area contributed by atoms with Crippen LogP contribution in [-0.2, 0) is 0 Å². The van der Waals surface area contributed by atoms with Gasteiger partial charge in [0.25, 0.3) is 0 Å². The van der Waals surface area contributed by atoms with Gasteiger partial charge >= 0.3 is 0 Å². The van der Waals surface area contributed by atoms with Crippen molar-refractivity contribution in [2.24, 2.45) is 11.3 Å². The van der Waals surface area contributed by atoms with Crippen LogP contribution in [0.4, 0.5) is 0 Å². The van der Waals surface area contributed by atoms with E-state index < -0.39 is 0 Å². The topological polar surface area (TPSA) is 4.44 Å². The quantitative estimate of drug-likeness (QED) is 0.524. The Morgan fingerprint density at radius 3 is 2.09 bits per heavy atom. The summed E-state index contributed by atoms with van der Waals surface area (Å²) >= 11 is 0. The number of hydrogen-bond acceptors (Lipinski definition) is 0. The number of hydrogen-bond donors (Lipinski definition) is 1. The summed E-state index contributed by atoms with van der Waals surface area (Å²) in [6.07, 6.45) is 2.91. The maximum atomic E-state index is 2.47. The molecule has 0 aromatic heterocycles. The summed E-state index contributed by atoms with van der Waals surface area (Å²) in [5, 5.41) is 0. The van der Waals surface area contributed by atoms with Crippen LogP contribution < -0.4 is 4.90 Å². The first-order valence-corrected chi connectivity index (χ1v) is 4.81. The molecule has 3 atom stereocenters. The predicted octanol–water partition coefficient (Wildman–Crippen LogP) is 0.710. The average Bonchev–Trinajstić information content (AvgIpc) is 2.20. The van der Waals surface area contributed by atoms with Crippen molar-refractivity contribution >= 4 is 0 Å². The molecule has 2 bridgehead atoms. The Kier molecular flexibility index (Phi) is 1.26. The summed E-state index contributed by atoms with van der Waals surface area (Å²) in [5.41, 5.74) is 1.18. The first-order valence-electron chi connectivity index (χ1n) is 4.81. The molecule has 0 spiro atoms. The Balaban J connectivity index is 2.40. The summed E-state index contributed by atoms with van der Waals surface area (Å²) in [5.74, 6) is 0.993. The van der Waals surface area contributed by atoms with Crippen LogP contribution in [0.2, 0.25) is 0 Å². The lowest BCUT2D eigenvalue weighted by molar-refractivity contribution is -0.927. The third-order valence-electron chi connectivity index (χ3n) is 4.93. The second-order valence-corrected chi connectivity index (χ2v) is 5.27. The number of rotatable bonds is 0. The van der Waals surface area contributed by atoms with E-state index in [1.54, 1.807) is 4.90 Å². The second kappa shape index (κ2) is 1.82. The minimum absolute atomic E-state index is 0.581. The van der Waals surface area contributed by atoms with Gasteiger partial charge in [-0.3, -0.25) is 0 Å². The second-order valence-electron chi connectivity index (χ2n) is 5.27. The van der Waals surface area contributed by atoms with Crippen LogP contribution in [0.5, 0.6) is 0 Å². The summed E-state index contributed by atoms with van der Waals surface area (Å²) in [6.45, 7) is 8.79. The predicted molar refractivity (Wildman–Crippen MR) is 46.7 cm³/mol. The van der Waals surface area contributed by atoms with Gasteiger partial charge in [0.1, 0.15) is 5.54 Å². The van der Waals surface area contributed by atoms with E-state index in [4.69, 9.17) is 0 Å². The van der Waals surface area contributed by atoms with Gasteiger partial charge in [0.15, 0.2) is 0 Å². The van der Waals surface area contributed by atoms with E-state index in [0.29, 0.717) is 11.0 Å². The Hall–Kier alpha value is -0.0400. The molecule has 2 rings (SSSR count). The third-order valence-corrected chi connectivity index (χ3v) is 4.93. The minimum Gasteiger partial charge on any atom is -0.332 e. The zero-order chi connectivity index (χ0) is 8.28. The molecule has 1 saturated heterocycles. The number of quaternary nitrogens is 1. The molecule has 0 aromatic carbocycles. The van der Waals surface area contributed by atoms with Crippen molar-refractivity contribution in [2.45, 2.75) is 39.2 Å². The van der Waals surface area contributed by atoms with Gasteiger partial charge in [-0.05, 0) is 13.3 Å². The van der Waals surface area contributed by atoms with Crippen LogP contribution >= 0.6 is 0 Å². The Morgan fingerprint density at radius 2 is 1.91 bits per heavy atom. The van der Waals surface area contributed by atoms with Crippen LogP contribution in [0.1, 0.15) is 33.6 Å². The first kappa shape index (κ1) is 7.60. The van der Waals surface area contributed by atoms with E-state index in [0.717, 1.165) is 5.92 Å². The molecule has 11 heavy (non-hydrogen) atoms. The highest BCUT2D eigenvalue weighted by atomic mass is 15.2. The van der Waals surface area contributed by atoms with Crippen molar-refractivity contribution in [1.29, 1.82) is 0 Å². The van der Waals surface area contributed by atoms with Gasteiger partial charge in [-0.15, -0.1) is 0 Å². The zero-order valence-electron chi connectivity index (χ0n) is 8.20. The van der Waals surface area contributed by atoms with E-state index in [1.165, 1.54) is 19.4 Å². The summed E-state index contributed by atoms with van der Waals surface area (Å²) in [7, 11) is 2.36. The Morgan fingerprint density at radius 1 is 1.27 bits per heavy atom. The van der Waals surface area contributed by atoms with E-state index in [9.17, 15) is 0 Å². The normalized spacial score (nSPS) is 53.5. The molecule has 0 aromatic rings. The van der Waals surface area contributed by atoms with Crippen LogP contribution in [0.15, 0.2) is 0 Å². The summed E-state index contributed by atoms with van der Waals surface area (Å²) in [4.78, 5) is 1.76. The molecule has 2 fully saturated rings. The van der Waals surface area contributed by atoms with Crippen molar-refractivity contribution in [3.63, 3.8) is 0 Å². The first-order chi connectivity index (χ1) is 4.98. The SMILES string of the molecule is C[NH+]1CC2CCC1(C)C2(C)C. The highest BCUT2D eigenvalue weighted by molar-refractivity contribution is 5.04. The molecule has 0 amide bonds. The van der Waals surface area contributed by atoms with E-state index in [2.05, 4.69) is 27.8 Å². The van der Waals surface area contributed by atoms with Crippen LogP contribution in [0, 0.1) is 11.3 Å². The van der Waals surface area contributed by atoms with Crippen molar-refractivity contribution in [3.05, 3.63) is 0 Å². The maximum absolute atomic E-state index is 2.47. The maximum Gasteiger partial charge on any atom is 0.100 e. The van der Waals surface area contributed by atoms with E-state index >= 15 is 0 Å². The Bertz CT molecular complexity index is 185. The lowest BCUT2D eigenvalue weighted by Gasteiger charge is -2.35. The molecular formula is C10H20N+. The zero-order valence-corrected chi connectivity index (χ0v) is 8.20. The molecule has 1 heterocycles. The van der Waals surface area contributed by atoms with Crippen molar-refractivity contribution in [1.82, 2.24) is 0 Å². The summed E-state index contributed by atoms with van der Waals surface area (Å²) in [6, 6.07) is 0. The highest BCUT2D eigenvalue weighted by Crippen LogP contribution is 2.50. The molecule has 1 saturated carbocycles. The number of fused-ring (bicyclic) bond motifs is 2. The molecule has 3 unspecified atom stereocenters. The Labute approximate surface area is 69.8 Å². The van der Waals surface area contributed by atoms with Gasteiger partial charge < -0.3 is 4.90 Å². The summed E-state index contributed by atoms with van der Waals surface area (Å²) < 4.78 is 0. The van der Waals surface area contributed by atoms with Gasteiger partial charge in [-0.2, -0.15) is 0 Å². The van der Waals surface area contributed by atoms with Gasteiger partial charge in [-0.25, -0.2) is 0 Å². The van der Waals surface area contributed by atoms with Crippen LogP contribution in [0.3, 0.4) is 0 Å². The van der Waals surface area contributed by atoms with Crippen molar-refractivity contribution in [3.8, 4) is 0 Å². The molecule has 1 nitrogen and oxygen atoms in total. The lowest BCUT2D eigenvalue weighted by atomic mass is 9.75. The molecule has 1 aliphatic carbocycles. The number of piperidine rings is 1. The smallest absolute Gasteiger partial charge is 0.100 e. The molecule has 0 radical (unpaired) electrons. The fourth-order valence-electron chi connectivity index (χ4n) is 3.31. The average molecular weight is 154 g/mol. The lowest BCUT2D eigenvalue weighted by Crippen LogP contribution is -3.16. The molecule has 2 aliphatic rings. The minimum atomic E-state index is 0.581. The molecule has 64 valence electrons. The van der Waals surface area contributed by atoms with E-state index in [1.807, 2.05) is 0 Å². The van der Waals surface area contributed by atoms with Crippen LogP contribution in [-0.4, -0.2) is 19.1 Å². The third kappa shape index (κ3) is 0.658. The fraction of sp³-hybridized carbons (Fsp3) is 1.00. The highest BCUT2D eigenvalue weighted by Gasteiger charge is 2.63. The molecule has 1 heteroatoms. The number of likely N-dealkylation sites (tertiary alicyclic amines) is 1. The van der Waals surface area contributed by atoms with Crippen LogP contribution in [0.25, 0.3) is 0 Å². The van der Waals surface area contributed by atoms with Gasteiger partial charge in [0, 0.05) is 17.8 Å². The van der Waals surface area contributed by atoms with Gasteiger partial charge in [0.05, 0.1) is 13.6 Å². The molecular weight excluding hydrogens is 134 g/mol. The standard InChI is InChI=1S/C10H19N/c1-9(2)8-5-6-10(9,3)11(4)7-8/h8H,5-7H2,1-4H3/p+1. The van der Waals surface area contributed by atoms with Crippen molar-refractivity contribution < 1.29 is 4.90 Å². The number of nitrogens with one attached hydrogen (secondary N) is 1. The molecule has 1 aliphatic heterocycles. The monoisotopic (exact) mass is 154 g/mol. The van der Waals surface area contributed by atoms with Gasteiger partial charge in [0.2, 0.25) is 0 Å². The largest absolute Gasteiger partial charge is 0.332 e. The fourth-order valence-corrected chi connectivity index (χ4v) is 3.31.